The van der Waals surface area contributed by atoms with Gasteiger partial charge in [0.15, 0.2) is 0 Å². The minimum atomic E-state index is -0.526. The standard InChI is InChI=1S/C12H15FINO2/c1-12(2,3)17-11(16)15-7-8-4-5-10(14)9(13)6-8/h4-6H,7H2,1-3H3,(H,15,16). The number of amides is 1. The van der Waals surface area contributed by atoms with Gasteiger partial charge in [-0.25, -0.2) is 9.18 Å². The van der Waals surface area contributed by atoms with Gasteiger partial charge in [0.2, 0.25) is 0 Å². The summed E-state index contributed by atoms with van der Waals surface area (Å²) in [5, 5.41) is 2.57. The van der Waals surface area contributed by atoms with E-state index in [1.165, 1.54) is 6.07 Å². The molecule has 0 spiro atoms. The molecule has 0 unspecified atom stereocenters. The zero-order valence-corrected chi connectivity index (χ0v) is 12.2. The monoisotopic (exact) mass is 351 g/mol. The van der Waals surface area contributed by atoms with Crippen LogP contribution in [0.1, 0.15) is 26.3 Å². The van der Waals surface area contributed by atoms with Gasteiger partial charge in [0, 0.05) is 10.1 Å². The molecule has 1 amide bonds. The highest BCUT2D eigenvalue weighted by molar-refractivity contribution is 14.1. The van der Waals surface area contributed by atoms with Crippen molar-refractivity contribution in [1.82, 2.24) is 5.32 Å². The number of alkyl carbamates (subject to hydrolysis) is 1. The van der Waals surface area contributed by atoms with Crippen LogP contribution in [0.25, 0.3) is 0 Å². The van der Waals surface area contributed by atoms with E-state index < -0.39 is 11.7 Å². The normalized spacial score (nSPS) is 11.1. The first-order valence-corrected chi connectivity index (χ1v) is 6.26. The van der Waals surface area contributed by atoms with Gasteiger partial charge in [-0.1, -0.05) is 6.07 Å². The lowest BCUT2D eigenvalue weighted by atomic mass is 10.2. The number of nitrogens with one attached hydrogen (secondary N) is 1. The van der Waals surface area contributed by atoms with Crippen LogP contribution in [0.5, 0.6) is 0 Å². The van der Waals surface area contributed by atoms with Crippen molar-refractivity contribution in [3.05, 3.63) is 33.1 Å². The first kappa shape index (κ1) is 14.2. The first-order valence-electron chi connectivity index (χ1n) is 5.19. The fraction of sp³-hybridized carbons (Fsp3) is 0.417. The summed E-state index contributed by atoms with van der Waals surface area (Å²) >= 11 is 1.91. The maximum Gasteiger partial charge on any atom is 0.407 e. The Morgan fingerprint density at radius 1 is 1.47 bits per heavy atom. The molecule has 0 heterocycles. The van der Waals surface area contributed by atoms with E-state index in [0.717, 1.165) is 0 Å². The summed E-state index contributed by atoms with van der Waals surface area (Å²) in [6.07, 6.45) is -0.503. The molecule has 17 heavy (non-hydrogen) atoms. The second-order valence-electron chi connectivity index (χ2n) is 4.60. The molecular formula is C12H15FINO2. The van der Waals surface area contributed by atoms with Crippen molar-refractivity contribution in [3.63, 3.8) is 0 Å². The SMILES string of the molecule is CC(C)(C)OC(=O)NCc1ccc(I)c(F)c1. The second kappa shape index (κ2) is 5.66. The van der Waals surface area contributed by atoms with Crippen molar-refractivity contribution in [2.45, 2.75) is 32.9 Å². The lowest BCUT2D eigenvalue weighted by Gasteiger charge is -2.19. The van der Waals surface area contributed by atoms with E-state index in [-0.39, 0.29) is 12.4 Å². The summed E-state index contributed by atoms with van der Waals surface area (Å²) in [5.41, 5.74) is 0.176. The summed E-state index contributed by atoms with van der Waals surface area (Å²) in [7, 11) is 0. The van der Waals surface area contributed by atoms with Crippen LogP contribution in [-0.4, -0.2) is 11.7 Å². The number of carbonyl (C=O) groups excluding carboxylic acids is 1. The maximum atomic E-state index is 13.2. The molecule has 0 fully saturated rings. The van der Waals surface area contributed by atoms with Crippen LogP contribution in [0.15, 0.2) is 18.2 Å². The molecule has 1 aromatic rings. The van der Waals surface area contributed by atoms with Gasteiger partial charge < -0.3 is 10.1 Å². The van der Waals surface area contributed by atoms with Crippen molar-refractivity contribution in [1.29, 1.82) is 0 Å². The summed E-state index contributed by atoms with van der Waals surface area (Å²) in [5.74, 6) is -0.283. The van der Waals surface area contributed by atoms with Crippen LogP contribution in [0, 0.1) is 9.39 Å². The average molecular weight is 351 g/mol. The summed E-state index contributed by atoms with van der Waals surface area (Å²) in [4.78, 5) is 11.4. The highest BCUT2D eigenvalue weighted by Gasteiger charge is 2.15. The van der Waals surface area contributed by atoms with E-state index in [1.54, 1.807) is 32.9 Å². The highest BCUT2D eigenvalue weighted by Crippen LogP contribution is 2.12. The number of rotatable bonds is 2. The number of benzene rings is 1. The summed E-state index contributed by atoms with van der Waals surface area (Å²) in [6, 6.07) is 4.84. The van der Waals surface area contributed by atoms with E-state index in [2.05, 4.69) is 5.32 Å². The molecule has 94 valence electrons. The van der Waals surface area contributed by atoms with Crippen molar-refractivity contribution >= 4 is 28.7 Å². The lowest BCUT2D eigenvalue weighted by molar-refractivity contribution is 0.0523. The van der Waals surface area contributed by atoms with Crippen LogP contribution < -0.4 is 5.32 Å². The van der Waals surface area contributed by atoms with Crippen LogP contribution in [0.4, 0.5) is 9.18 Å². The fourth-order valence-corrected chi connectivity index (χ4v) is 1.47. The number of carbonyl (C=O) groups is 1. The number of ether oxygens (including phenoxy) is 1. The van der Waals surface area contributed by atoms with Gasteiger partial charge in [0.1, 0.15) is 11.4 Å². The van der Waals surface area contributed by atoms with E-state index in [9.17, 15) is 9.18 Å². The van der Waals surface area contributed by atoms with Gasteiger partial charge in [0.05, 0.1) is 0 Å². The smallest absolute Gasteiger partial charge is 0.407 e. The third-order valence-electron chi connectivity index (χ3n) is 1.82. The number of hydrogen-bond acceptors (Lipinski definition) is 2. The van der Waals surface area contributed by atoms with Crippen molar-refractivity contribution < 1.29 is 13.9 Å². The molecule has 0 bridgehead atoms. The molecule has 0 aliphatic carbocycles. The number of hydrogen-bond donors (Lipinski definition) is 1. The molecule has 1 aromatic carbocycles. The summed E-state index contributed by atoms with van der Waals surface area (Å²) < 4.78 is 18.9. The van der Waals surface area contributed by atoms with Crippen molar-refractivity contribution in [2.75, 3.05) is 0 Å². The molecule has 0 aliphatic heterocycles. The Bertz CT molecular complexity index is 415. The molecule has 0 saturated carbocycles. The zero-order chi connectivity index (χ0) is 13.1. The Morgan fingerprint density at radius 2 is 2.12 bits per heavy atom. The maximum absolute atomic E-state index is 13.2. The quantitative estimate of drug-likeness (QED) is 0.829. The third kappa shape index (κ3) is 5.34. The molecule has 1 N–H and O–H groups in total. The molecule has 3 nitrogen and oxygen atoms in total. The number of halogens is 2. The topological polar surface area (TPSA) is 38.3 Å². The fourth-order valence-electron chi connectivity index (χ4n) is 1.14. The third-order valence-corrected chi connectivity index (χ3v) is 2.69. The highest BCUT2D eigenvalue weighted by atomic mass is 127. The molecular weight excluding hydrogens is 336 g/mol. The van der Waals surface area contributed by atoms with Crippen molar-refractivity contribution in [3.8, 4) is 0 Å². The molecule has 0 atom stereocenters. The minimum Gasteiger partial charge on any atom is -0.444 e. The largest absolute Gasteiger partial charge is 0.444 e. The van der Waals surface area contributed by atoms with Gasteiger partial charge in [-0.05, 0) is 61.1 Å². The van der Waals surface area contributed by atoms with E-state index in [0.29, 0.717) is 9.13 Å². The van der Waals surface area contributed by atoms with E-state index in [4.69, 9.17) is 4.74 Å². The predicted octanol–water partition coefficient (Wildman–Crippen LogP) is 3.46. The Hall–Kier alpha value is -0.850. The van der Waals surface area contributed by atoms with Gasteiger partial charge in [-0.2, -0.15) is 0 Å². The van der Waals surface area contributed by atoms with Crippen LogP contribution in [0.2, 0.25) is 0 Å². The van der Waals surface area contributed by atoms with Crippen LogP contribution in [-0.2, 0) is 11.3 Å². The zero-order valence-electron chi connectivity index (χ0n) is 10.0. The van der Waals surface area contributed by atoms with E-state index in [1.807, 2.05) is 22.6 Å². The van der Waals surface area contributed by atoms with Gasteiger partial charge >= 0.3 is 6.09 Å². The van der Waals surface area contributed by atoms with E-state index >= 15 is 0 Å². The second-order valence-corrected chi connectivity index (χ2v) is 5.77. The van der Waals surface area contributed by atoms with Gasteiger partial charge in [-0.3, -0.25) is 0 Å². The Balaban J connectivity index is 2.50. The molecule has 0 radical (unpaired) electrons. The Morgan fingerprint density at radius 3 is 2.65 bits per heavy atom. The molecule has 0 aromatic heterocycles. The molecule has 0 aliphatic rings. The summed E-state index contributed by atoms with van der Waals surface area (Å²) in [6.45, 7) is 5.62. The molecule has 5 heteroatoms. The Labute approximate surface area is 114 Å². The minimum absolute atomic E-state index is 0.253. The van der Waals surface area contributed by atoms with Crippen LogP contribution in [0.3, 0.4) is 0 Å². The Kier molecular flexibility index (Phi) is 4.73. The molecule has 0 saturated heterocycles. The first-order chi connectivity index (χ1) is 7.78. The lowest BCUT2D eigenvalue weighted by Crippen LogP contribution is -2.32. The molecule has 1 rings (SSSR count). The van der Waals surface area contributed by atoms with Crippen LogP contribution >= 0.6 is 22.6 Å². The van der Waals surface area contributed by atoms with Gasteiger partial charge in [-0.15, -0.1) is 0 Å². The van der Waals surface area contributed by atoms with Crippen molar-refractivity contribution in [2.24, 2.45) is 0 Å². The van der Waals surface area contributed by atoms with Gasteiger partial charge in [0.25, 0.3) is 0 Å². The predicted molar refractivity (Wildman–Crippen MR) is 72.2 cm³/mol. The average Bonchev–Trinajstić information content (AvgIpc) is 2.17.